The third-order valence-corrected chi connectivity index (χ3v) is 5.01. The second-order valence-corrected chi connectivity index (χ2v) is 6.84. The molecule has 1 aromatic heterocycles. The molecule has 0 aliphatic rings. The lowest BCUT2D eigenvalue weighted by atomic mass is 10.1. The van der Waals surface area contributed by atoms with Crippen LogP contribution in [-0.4, -0.2) is 19.9 Å². The van der Waals surface area contributed by atoms with E-state index in [1.165, 1.54) is 12.1 Å². The van der Waals surface area contributed by atoms with Gasteiger partial charge >= 0.3 is 5.76 Å². The van der Waals surface area contributed by atoms with E-state index in [0.29, 0.717) is 17.5 Å². The molecule has 0 radical (unpaired) electrons. The van der Waals surface area contributed by atoms with E-state index in [9.17, 15) is 13.2 Å². The van der Waals surface area contributed by atoms with Crippen LogP contribution in [0.2, 0.25) is 0 Å². The number of aromatic nitrogens is 1. The highest BCUT2D eigenvalue weighted by atomic mass is 32.2. The van der Waals surface area contributed by atoms with Crippen LogP contribution in [-0.2, 0) is 16.4 Å². The van der Waals surface area contributed by atoms with Gasteiger partial charge in [0.1, 0.15) is 6.07 Å². The van der Waals surface area contributed by atoms with Crippen LogP contribution in [0.1, 0.15) is 11.1 Å². The Morgan fingerprint density at radius 1 is 1.21 bits per heavy atom. The molecule has 7 nitrogen and oxygen atoms in total. The number of rotatable bonds is 5. The molecular weight excluding hydrogens is 330 g/mol. The maximum atomic E-state index is 12.3. The van der Waals surface area contributed by atoms with E-state index < -0.39 is 15.8 Å². The molecule has 24 heavy (non-hydrogen) atoms. The van der Waals surface area contributed by atoms with E-state index in [1.54, 1.807) is 30.3 Å². The van der Waals surface area contributed by atoms with Gasteiger partial charge in [-0.15, -0.1) is 0 Å². The smallest absolute Gasteiger partial charge is 0.408 e. The molecule has 0 spiro atoms. The lowest BCUT2D eigenvalue weighted by molar-refractivity contribution is 0.555. The predicted molar refractivity (Wildman–Crippen MR) is 86.9 cm³/mol. The molecular formula is C16H13N3O4S. The molecule has 0 aliphatic carbocycles. The number of sulfonamides is 1. The van der Waals surface area contributed by atoms with Crippen molar-refractivity contribution in [3.05, 3.63) is 64.1 Å². The summed E-state index contributed by atoms with van der Waals surface area (Å²) in [6.07, 6.45) is 0.428. The standard InChI is InChI=1S/C16H13N3O4S/c17-10-12-3-1-2-4-15(12)24(21,22)18-8-7-11-5-6-14-13(9-11)19-16(20)23-14/h1-6,9,18H,7-8H2,(H,19,20). The third-order valence-electron chi connectivity index (χ3n) is 3.49. The second-order valence-electron chi connectivity index (χ2n) is 5.10. The van der Waals surface area contributed by atoms with Crippen LogP contribution in [0.15, 0.2) is 56.6 Å². The van der Waals surface area contributed by atoms with Crippen molar-refractivity contribution >= 4 is 21.1 Å². The first-order valence-corrected chi connectivity index (χ1v) is 8.58. The minimum Gasteiger partial charge on any atom is -0.408 e. The molecule has 2 aromatic carbocycles. The largest absolute Gasteiger partial charge is 0.417 e. The van der Waals surface area contributed by atoms with Crippen molar-refractivity contribution in [2.24, 2.45) is 0 Å². The number of hydrogen-bond acceptors (Lipinski definition) is 5. The van der Waals surface area contributed by atoms with Crippen molar-refractivity contribution < 1.29 is 12.8 Å². The van der Waals surface area contributed by atoms with Crippen molar-refractivity contribution in [1.82, 2.24) is 9.71 Å². The molecule has 0 bridgehead atoms. The van der Waals surface area contributed by atoms with Crippen molar-refractivity contribution in [2.45, 2.75) is 11.3 Å². The van der Waals surface area contributed by atoms with E-state index in [1.807, 2.05) is 6.07 Å². The number of nitrogens with zero attached hydrogens (tertiary/aromatic N) is 1. The van der Waals surface area contributed by atoms with Gasteiger partial charge in [-0.1, -0.05) is 18.2 Å². The molecule has 0 amide bonds. The maximum absolute atomic E-state index is 12.3. The van der Waals surface area contributed by atoms with Gasteiger partial charge in [0, 0.05) is 6.54 Å². The van der Waals surface area contributed by atoms with Crippen LogP contribution in [0, 0.1) is 11.3 Å². The monoisotopic (exact) mass is 343 g/mol. The number of benzene rings is 2. The van der Waals surface area contributed by atoms with Gasteiger partial charge in [-0.2, -0.15) is 5.26 Å². The number of fused-ring (bicyclic) bond motifs is 1. The van der Waals surface area contributed by atoms with Crippen molar-refractivity contribution in [2.75, 3.05) is 6.54 Å². The summed E-state index contributed by atoms with van der Waals surface area (Å²) in [5.41, 5.74) is 1.96. The van der Waals surface area contributed by atoms with Gasteiger partial charge in [-0.05, 0) is 36.2 Å². The highest BCUT2D eigenvalue weighted by Crippen LogP contribution is 2.15. The Bertz CT molecular complexity index is 1090. The zero-order valence-electron chi connectivity index (χ0n) is 12.4. The average Bonchev–Trinajstić information content (AvgIpc) is 2.94. The molecule has 0 atom stereocenters. The molecule has 0 saturated carbocycles. The molecule has 1 heterocycles. The first kappa shape index (κ1) is 16.0. The topological polar surface area (TPSA) is 116 Å². The van der Waals surface area contributed by atoms with E-state index >= 15 is 0 Å². The van der Waals surface area contributed by atoms with Gasteiger partial charge in [0.2, 0.25) is 10.0 Å². The van der Waals surface area contributed by atoms with E-state index in [0.717, 1.165) is 5.56 Å². The number of oxazole rings is 1. The number of H-pyrrole nitrogens is 1. The summed E-state index contributed by atoms with van der Waals surface area (Å²) >= 11 is 0. The fraction of sp³-hybridized carbons (Fsp3) is 0.125. The highest BCUT2D eigenvalue weighted by Gasteiger charge is 2.17. The highest BCUT2D eigenvalue weighted by molar-refractivity contribution is 7.89. The SMILES string of the molecule is N#Cc1ccccc1S(=O)(=O)NCCc1ccc2oc(=O)[nH]c2c1. The van der Waals surface area contributed by atoms with E-state index in [2.05, 4.69) is 9.71 Å². The van der Waals surface area contributed by atoms with Gasteiger partial charge in [0.15, 0.2) is 5.58 Å². The minimum atomic E-state index is -3.76. The van der Waals surface area contributed by atoms with Crippen LogP contribution >= 0.6 is 0 Å². The van der Waals surface area contributed by atoms with Crippen LogP contribution < -0.4 is 10.5 Å². The first-order chi connectivity index (χ1) is 11.5. The van der Waals surface area contributed by atoms with E-state index in [4.69, 9.17) is 9.68 Å². The summed E-state index contributed by atoms with van der Waals surface area (Å²) in [6, 6.07) is 13.0. The zero-order valence-corrected chi connectivity index (χ0v) is 13.3. The quantitative estimate of drug-likeness (QED) is 0.728. The zero-order chi connectivity index (χ0) is 17.2. The lowest BCUT2D eigenvalue weighted by Crippen LogP contribution is -2.26. The van der Waals surface area contributed by atoms with Crippen LogP contribution in [0.25, 0.3) is 11.1 Å². The Hall–Kier alpha value is -2.89. The third kappa shape index (κ3) is 3.22. The molecule has 0 fully saturated rings. The molecule has 8 heteroatoms. The Labute approximate surface area is 137 Å². The molecule has 3 aromatic rings. The number of aromatic amines is 1. The normalized spacial score (nSPS) is 11.5. The summed E-state index contributed by atoms with van der Waals surface area (Å²) in [5.74, 6) is -0.532. The van der Waals surface area contributed by atoms with E-state index in [-0.39, 0.29) is 17.0 Å². The molecule has 2 N–H and O–H groups in total. The molecule has 0 saturated heterocycles. The summed E-state index contributed by atoms with van der Waals surface area (Å²) < 4.78 is 32.0. The van der Waals surface area contributed by atoms with Crippen LogP contribution in [0.4, 0.5) is 0 Å². The van der Waals surface area contributed by atoms with Crippen molar-refractivity contribution in [1.29, 1.82) is 5.26 Å². The summed E-state index contributed by atoms with van der Waals surface area (Å²) in [4.78, 5) is 13.6. The maximum Gasteiger partial charge on any atom is 0.417 e. The van der Waals surface area contributed by atoms with Gasteiger partial charge in [-0.25, -0.2) is 17.9 Å². The Kier molecular flexibility index (Phi) is 4.20. The number of hydrogen-bond donors (Lipinski definition) is 2. The van der Waals surface area contributed by atoms with Gasteiger partial charge in [0.25, 0.3) is 0 Å². The number of nitriles is 1. The van der Waals surface area contributed by atoms with Gasteiger partial charge in [-0.3, -0.25) is 4.98 Å². The molecule has 3 rings (SSSR count). The fourth-order valence-electron chi connectivity index (χ4n) is 2.36. The average molecular weight is 343 g/mol. The lowest BCUT2D eigenvalue weighted by Gasteiger charge is -2.08. The first-order valence-electron chi connectivity index (χ1n) is 7.10. The Morgan fingerprint density at radius 3 is 2.79 bits per heavy atom. The predicted octanol–water partition coefficient (Wildman–Crippen LogP) is 1.51. The molecule has 0 aliphatic heterocycles. The second kappa shape index (κ2) is 6.31. The van der Waals surface area contributed by atoms with Crippen molar-refractivity contribution in [3.8, 4) is 6.07 Å². The van der Waals surface area contributed by atoms with Gasteiger partial charge < -0.3 is 4.42 Å². The fourth-order valence-corrected chi connectivity index (χ4v) is 3.54. The summed E-state index contributed by atoms with van der Waals surface area (Å²) in [5, 5.41) is 9.01. The number of nitrogens with one attached hydrogen (secondary N) is 2. The summed E-state index contributed by atoms with van der Waals surface area (Å²) in [6.45, 7) is 0.162. The van der Waals surface area contributed by atoms with Crippen LogP contribution in [0.3, 0.4) is 0 Å². The Balaban J connectivity index is 1.72. The van der Waals surface area contributed by atoms with Gasteiger partial charge in [0.05, 0.1) is 16.0 Å². The summed E-state index contributed by atoms with van der Waals surface area (Å²) in [7, 11) is -3.76. The minimum absolute atomic E-state index is 0.0397. The molecule has 0 unspecified atom stereocenters. The van der Waals surface area contributed by atoms with Crippen molar-refractivity contribution in [3.63, 3.8) is 0 Å². The molecule has 122 valence electrons. The van der Waals surface area contributed by atoms with Crippen LogP contribution in [0.5, 0.6) is 0 Å². The Morgan fingerprint density at radius 2 is 2.00 bits per heavy atom.